The van der Waals surface area contributed by atoms with Crippen LogP contribution in [0.5, 0.6) is 0 Å². The summed E-state index contributed by atoms with van der Waals surface area (Å²) in [4.78, 5) is 4.93. The van der Waals surface area contributed by atoms with E-state index in [-0.39, 0.29) is 0 Å². The lowest BCUT2D eigenvalue weighted by atomic mass is 9.84. The Kier molecular flexibility index (Phi) is 10.3. The SMILES string of the molecule is CC1C=CC=CC1c1cccc(N(c2cccc(-c3ccccc3)c2)c2ccc3ccc4c(N(c5cccc(-c6ccccc6)c5)c5cccc(-c6ccccc6)c5)ccc5ccc2c3c54)c1. The smallest absolute Gasteiger partial charge is 0.0540 e. The van der Waals surface area contributed by atoms with E-state index in [1.165, 1.54) is 71.3 Å². The average molecular weight is 857 g/mol. The van der Waals surface area contributed by atoms with E-state index in [1.807, 2.05) is 0 Å². The maximum absolute atomic E-state index is 2.48. The molecular weight excluding hydrogens is 809 g/mol. The molecule has 1 aliphatic carbocycles. The van der Waals surface area contributed by atoms with E-state index in [2.05, 4.69) is 278 Å². The average Bonchev–Trinajstić information content (AvgIpc) is 3.40. The van der Waals surface area contributed by atoms with Crippen LogP contribution in [0.4, 0.5) is 34.1 Å². The molecular formula is C65H48N2. The molecule has 0 aliphatic heterocycles. The van der Waals surface area contributed by atoms with Gasteiger partial charge in [0, 0.05) is 39.4 Å². The molecule has 0 saturated heterocycles. The third-order valence-corrected chi connectivity index (χ3v) is 13.7. The second kappa shape index (κ2) is 17.2. The Morgan fingerprint density at radius 1 is 0.313 bits per heavy atom. The molecule has 0 spiro atoms. The van der Waals surface area contributed by atoms with Gasteiger partial charge in [-0.2, -0.15) is 0 Å². The summed E-state index contributed by atoms with van der Waals surface area (Å²) >= 11 is 0. The van der Waals surface area contributed by atoms with Crippen LogP contribution in [0, 0.1) is 5.92 Å². The normalized spacial score (nSPS) is 14.5. The van der Waals surface area contributed by atoms with Crippen molar-refractivity contribution in [1.82, 2.24) is 0 Å². The standard InChI is InChI=1S/C65H48N2/c1-45-17-11-12-32-59(45)54-27-16-31-58(44-54)67(57-30-15-26-53(43-57)48-22-9-4-10-23-48)63-40-36-50-33-37-60-62(39-35-49-34-38-61(63)65(50)64(49)60)66(55-28-13-24-51(41-55)46-18-5-2-6-19-46)56-29-14-25-52(42-56)47-20-7-3-8-21-47/h2-45,59H,1H3. The fraction of sp³-hybridized carbons (Fsp3) is 0.0462. The molecule has 11 aromatic carbocycles. The summed E-state index contributed by atoms with van der Waals surface area (Å²) in [5.74, 6) is 0.701. The van der Waals surface area contributed by atoms with E-state index in [0.717, 1.165) is 34.1 Å². The lowest BCUT2D eigenvalue weighted by molar-refractivity contribution is 0.635. The summed E-state index contributed by atoms with van der Waals surface area (Å²) in [6.45, 7) is 2.31. The van der Waals surface area contributed by atoms with Crippen molar-refractivity contribution in [1.29, 1.82) is 0 Å². The molecule has 318 valence electrons. The van der Waals surface area contributed by atoms with Crippen LogP contribution in [0.2, 0.25) is 0 Å². The van der Waals surface area contributed by atoms with E-state index < -0.39 is 0 Å². The Balaban J connectivity index is 1.08. The highest BCUT2D eigenvalue weighted by molar-refractivity contribution is 6.28. The van der Waals surface area contributed by atoms with E-state index in [4.69, 9.17) is 0 Å². The van der Waals surface area contributed by atoms with Crippen LogP contribution in [0.15, 0.2) is 261 Å². The molecule has 0 aromatic heterocycles. The maximum Gasteiger partial charge on any atom is 0.0540 e. The van der Waals surface area contributed by atoms with Gasteiger partial charge in [0.05, 0.1) is 11.4 Å². The highest BCUT2D eigenvalue weighted by atomic mass is 15.1. The van der Waals surface area contributed by atoms with Crippen LogP contribution in [0.3, 0.4) is 0 Å². The van der Waals surface area contributed by atoms with E-state index in [9.17, 15) is 0 Å². The van der Waals surface area contributed by atoms with Gasteiger partial charge in [-0.05, 0) is 127 Å². The van der Waals surface area contributed by atoms with Gasteiger partial charge in [-0.15, -0.1) is 0 Å². The number of hydrogen-bond acceptors (Lipinski definition) is 2. The lowest BCUT2D eigenvalue weighted by Crippen LogP contribution is -2.13. The van der Waals surface area contributed by atoms with Gasteiger partial charge in [-0.25, -0.2) is 0 Å². The Morgan fingerprint density at radius 2 is 0.687 bits per heavy atom. The quantitative estimate of drug-likeness (QED) is 0.126. The number of anilines is 6. The second-order valence-corrected chi connectivity index (χ2v) is 17.8. The molecule has 0 heterocycles. The van der Waals surface area contributed by atoms with Crippen LogP contribution in [0.25, 0.3) is 65.7 Å². The van der Waals surface area contributed by atoms with Crippen molar-refractivity contribution in [3.05, 3.63) is 266 Å². The summed E-state index contributed by atoms with van der Waals surface area (Å²) in [6, 6.07) is 86.8. The van der Waals surface area contributed by atoms with Gasteiger partial charge in [0.2, 0.25) is 0 Å². The molecule has 11 aromatic rings. The van der Waals surface area contributed by atoms with Crippen LogP contribution in [-0.4, -0.2) is 0 Å². The van der Waals surface area contributed by atoms with Gasteiger partial charge in [0.25, 0.3) is 0 Å². The maximum atomic E-state index is 2.48. The predicted molar refractivity (Wildman–Crippen MR) is 286 cm³/mol. The van der Waals surface area contributed by atoms with Gasteiger partial charge in [-0.1, -0.05) is 207 Å². The van der Waals surface area contributed by atoms with Crippen molar-refractivity contribution < 1.29 is 0 Å². The fourth-order valence-corrected chi connectivity index (χ4v) is 10.4. The molecule has 0 N–H and O–H groups in total. The molecule has 0 fully saturated rings. The first-order valence-corrected chi connectivity index (χ1v) is 23.4. The first-order valence-electron chi connectivity index (χ1n) is 23.4. The van der Waals surface area contributed by atoms with Crippen LogP contribution >= 0.6 is 0 Å². The number of rotatable bonds is 10. The Labute approximate surface area is 393 Å². The van der Waals surface area contributed by atoms with E-state index in [0.29, 0.717) is 11.8 Å². The molecule has 0 bridgehead atoms. The second-order valence-electron chi connectivity index (χ2n) is 17.8. The van der Waals surface area contributed by atoms with Crippen molar-refractivity contribution in [2.24, 2.45) is 5.92 Å². The summed E-state index contributed by atoms with van der Waals surface area (Å²) in [6.07, 6.45) is 9.02. The summed E-state index contributed by atoms with van der Waals surface area (Å²) in [5.41, 5.74) is 15.2. The van der Waals surface area contributed by atoms with Gasteiger partial charge in [0.15, 0.2) is 0 Å². The number of benzene rings is 11. The highest BCUT2D eigenvalue weighted by Gasteiger charge is 2.24. The minimum Gasteiger partial charge on any atom is -0.310 e. The van der Waals surface area contributed by atoms with Crippen molar-refractivity contribution in [3.8, 4) is 33.4 Å². The first kappa shape index (κ1) is 40.1. The van der Waals surface area contributed by atoms with Gasteiger partial charge >= 0.3 is 0 Å². The third-order valence-electron chi connectivity index (χ3n) is 13.7. The Morgan fingerprint density at radius 3 is 1.12 bits per heavy atom. The van der Waals surface area contributed by atoms with Crippen molar-refractivity contribution >= 4 is 66.4 Å². The monoisotopic (exact) mass is 856 g/mol. The molecule has 2 unspecified atom stereocenters. The first-order chi connectivity index (χ1) is 33.1. The minimum atomic E-state index is 0.298. The van der Waals surface area contributed by atoms with Gasteiger partial charge < -0.3 is 9.80 Å². The van der Waals surface area contributed by atoms with Crippen LogP contribution in [-0.2, 0) is 0 Å². The van der Waals surface area contributed by atoms with Crippen LogP contribution < -0.4 is 9.80 Å². The molecule has 0 amide bonds. The molecule has 0 radical (unpaired) electrons. The summed E-state index contributed by atoms with van der Waals surface area (Å²) in [5, 5.41) is 7.37. The Hall–Kier alpha value is -8.46. The summed E-state index contributed by atoms with van der Waals surface area (Å²) in [7, 11) is 0. The third kappa shape index (κ3) is 7.43. The molecule has 2 nitrogen and oxygen atoms in total. The van der Waals surface area contributed by atoms with Gasteiger partial charge in [-0.3, -0.25) is 0 Å². The zero-order valence-corrected chi connectivity index (χ0v) is 37.4. The van der Waals surface area contributed by atoms with Gasteiger partial charge in [0.1, 0.15) is 0 Å². The highest BCUT2D eigenvalue weighted by Crippen LogP contribution is 2.49. The minimum absolute atomic E-state index is 0.298. The molecule has 12 rings (SSSR count). The number of allylic oxidation sites excluding steroid dienone is 4. The fourth-order valence-electron chi connectivity index (χ4n) is 10.4. The summed E-state index contributed by atoms with van der Waals surface area (Å²) < 4.78 is 0. The van der Waals surface area contributed by atoms with E-state index >= 15 is 0 Å². The molecule has 2 heteroatoms. The Bertz CT molecular complexity index is 3530. The zero-order valence-electron chi connectivity index (χ0n) is 37.4. The molecule has 1 aliphatic rings. The largest absolute Gasteiger partial charge is 0.310 e. The lowest BCUT2D eigenvalue weighted by Gasteiger charge is -2.30. The molecule has 2 atom stereocenters. The van der Waals surface area contributed by atoms with Crippen molar-refractivity contribution in [2.75, 3.05) is 9.80 Å². The zero-order chi connectivity index (χ0) is 44.7. The van der Waals surface area contributed by atoms with Crippen molar-refractivity contribution in [2.45, 2.75) is 12.8 Å². The predicted octanol–water partition coefficient (Wildman–Crippen LogP) is 18.4. The van der Waals surface area contributed by atoms with Crippen molar-refractivity contribution in [3.63, 3.8) is 0 Å². The number of nitrogens with zero attached hydrogens (tertiary/aromatic N) is 2. The van der Waals surface area contributed by atoms with E-state index in [1.54, 1.807) is 0 Å². The van der Waals surface area contributed by atoms with Crippen LogP contribution in [0.1, 0.15) is 18.4 Å². The topological polar surface area (TPSA) is 6.48 Å². The molecule has 0 saturated carbocycles. The number of hydrogen-bond donors (Lipinski definition) is 0. The molecule has 67 heavy (non-hydrogen) atoms.